The van der Waals surface area contributed by atoms with Crippen molar-refractivity contribution in [3.63, 3.8) is 0 Å². The maximum Gasteiger partial charge on any atom is 0.139 e. The third kappa shape index (κ3) is 2.06. The molecule has 0 aliphatic carbocycles. The van der Waals surface area contributed by atoms with Gasteiger partial charge in [-0.05, 0) is 48.9 Å². The van der Waals surface area contributed by atoms with Gasteiger partial charge in [0.1, 0.15) is 28.3 Å². The first kappa shape index (κ1) is 14.2. The van der Waals surface area contributed by atoms with Gasteiger partial charge in [0.15, 0.2) is 0 Å². The Labute approximate surface area is 144 Å². The van der Waals surface area contributed by atoms with Gasteiger partial charge in [0.2, 0.25) is 0 Å². The Kier molecular flexibility index (Phi) is 2.92. The molecule has 0 unspecified atom stereocenters. The van der Waals surface area contributed by atoms with Gasteiger partial charge in [0.25, 0.3) is 0 Å². The van der Waals surface area contributed by atoms with Crippen molar-refractivity contribution in [2.45, 2.75) is 6.92 Å². The number of fused-ring (bicyclic) bond motifs is 5. The molecule has 5 aromatic rings. The summed E-state index contributed by atoms with van der Waals surface area (Å²) in [5.74, 6) is 1.61. The van der Waals surface area contributed by atoms with E-state index in [1.807, 2.05) is 49.4 Å². The third-order valence-electron chi connectivity index (χ3n) is 4.66. The van der Waals surface area contributed by atoms with Gasteiger partial charge in [-0.15, -0.1) is 0 Å². The molecular weight excluding hydrogens is 312 g/mol. The summed E-state index contributed by atoms with van der Waals surface area (Å²) in [5.41, 5.74) is 4.71. The number of aryl methyl sites for hydroxylation is 1. The van der Waals surface area contributed by atoms with Crippen LogP contribution in [0.25, 0.3) is 44.2 Å². The lowest BCUT2D eigenvalue weighted by Gasteiger charge is -2.06. The molecule has 5 rings (SSSR count). The minimum absolute atomic E-state index is 0.796. The molecule has 3 heteroatoms. The van der Waals surface area contributed by atoms with Gasteiger partial charge in [-0.25, -0.2) is 0 Å². The van der Waals surface area contributed by atoms with E-state index < -0.39 is 0 Å². The van der Waals surface area contributed by atoms with Gasteiger partial charge >= 0.3 is 0 Å². The molecule has 0 spiro atoms. The maximum atomic E-state index is 6.14. The molecule has 122 valence electrons. The van der Waals surface area contributed by atoms with Crippen molar-refractivity contribution in [2.24, 2.45) is 0 Å². The van der Waals surface area contributed by atoms with Crippen molar-refractivity contribution in [1.82, 2.24) is 0 Å². The van der Waals surface area contributed by atoms with E-state index in [4.69, 9.17) is 13.6 Å². The number of methoxy groups -OCH3 is 1. The molecule has 3 aromatic carbocycles. The second-order valence-corrected chi connectivity index (χ2v) is 6.26. The fourth-order valence-corrected chi connectivity index (χ4v) is 3.47. The van der Waals surface area contributed by atoms with Crippen molar-refractivity contribution >= 4 is 32.9 Å². The van der Waals surface area contributed by atoms with E-state index in [2.05, 4.69) is 18.2 Å². The summed E-state index contributed by atoms with van der Waals surface area (Å²) >= 11 is 0. The van der Waals surface area contributed by atoms with Crippen LogP contribution in [-0.4, -0.2) is 7.11 Å². The average molecular weight is 328 g/mol. The zero-order valence-electron chi connectivity index (χ0n) is 14.0. The minimum atomic E-state index is 0.796. The summed E-state index contributed by atoms with van der Waals surface area (Å²) in [5, 5.41) is 3.25. The second kappa shape index (κ2) is 5.15. The normalized spacial score (nSPS) is 11.6. The highest BCUT2D eigenvalue weighted by Gasteiger charge is 2.16. The van der Waals surface area contributed by atoms with Gasteiger partial charge in [0.05, 0.1) is 12.7 Å². The molecule has 3 nitrogen and oxygen atoms in total. The number of benzene rings is 3. The molecule has 0 atom stereocenters. The van der Waals surface area contributed by atoms with Crippen molar-refractivity contribution in [3.05, 3.63) is 66.2 Å². The van der Waals surface area contributed by atoms with Crippen LogP contribution in [0.2, 0.25) is 0 Å². The van der Waals surface area contributed by atoms with Crippen molar-refractivity contribution in [1.29, 1.82) is 0 Å². The van der Waals surface area contributed by atoms with Gasteiger partial charge in [-0.1, -0.05) is 24.3 Å². The summed E-state index contributed by atoms with van der Waals surface area (Å²) in [4.78, 5) is 0. The van der Waals surface area contributed by atoms with E-state index in [1.54, 1.807) is 7.11 Å². The van der Waals surface area contributed by atoms with E-state index in [1.165, 1.54) is 0 Å². The Bertz CT molecular complexity index is 1240. The smallest absolute Gasteiger partial charge is 0.139 e. The first-order chi connectivity index (χ1) is 12.2. The molecule has 0 N–H and O–H groups in total. The van der Waals surface area contributed by atoms with E-state index in [-0.39, 0.29) is 0 Å². The largest absolute Gasteiger partial charge is 0.496 e. The molecule has 25 heavy (non-hydrogen) atoms. The monoisotopic (exact) mass is 328 g/mol. The highest BCUT2D eigenvalue weighted by Crippen LogP contribution is 2.40. The Morgan fingerprint density at radius 3 is 2.44 bits per heavy atom. The molecule has 0 saturated heterocycles. The van der Waals surface area contributed by atoms with Crippen LogP contribution >= 0.6 is 0 Å². The van der Waals surface area contributed by atoms with Gasteiger partial charge in [-0.3, -0.25) is 0 Å². The Morgan fingerprint density at radius 2 is 1.56 bits per heavy atom. The topological polar surface area (TPSA) is 35.5 Å². The lowest BCUT2D eigenvalue weighted by atomic mass is 10.1. The number of hydrogen-bond acceptors (Lipinski definition) is 3. The summed E-state index contributed by atoms with van der Waals surface area (Å²) in [6, 6.07) is 20.2. The van der Waals surface area contributed by atoms with Crippen molar-refractivity contribution < 1.29 is 13.6 Å². The molecule has 0 bridgehead atoms. The summed E-state index contributed by atoms with van der Waals surface area (Å²) < 4.78 is 17.7. The number of furan rings is 2. The molecule has 2 heterocycles. The molecule has 0 aliphatic rings. The van der Waals surface area contributed by atoms with E-state index >= 15 is 0 Å². The summed E-state index contributed by atoms with van der Waals surface area (Å²) in [7, 11) is 1.68. The summed E-state index contributed by atoms with van der Waals surface area (Å²) in [6.45, 7) is 2.05. The molecule has 0 amide bonds. The lowest BCUT2D eigenvalue weighted by molar-refractivity contribution is 0.414. The number of ether oxygens (including phenoxy) is 1. The van der Waals surface area contributed by atoms with Crippen LogP contribution in [0, 0.1) is 6.92 Å². The molecule has 0 radical (unpaired) electrons. The van der Waals surface area contributed by atoms with E-state index in [0.29, 0.717) is 0 Å². The predicted octanol–water partition coefficient (Wildman–Crippen LogP) is 6.32. The molecule has 0 aliphatic heterocycles. The fourth-order valence-electron chi connectivity index (χ4n) is 3.47. The fraction of sp³-hybridized carbons (Fsp3) is 0.0909. The third-order valence-corrected chi connectivity index (χ3v) is 4.66. The van der Waals surface area contributed by atoms with Gasteiger partial charge in [0, 0.05) is 16.2 Å². The Hall–Kier alpha value is -3.20. The van der Waals surface area contributed by atoms with Crippen LogP contribution in [0.5, 0.6) is 5.75 Å². The standard InChI is InChI=1S/C22H16O3/c1-13-7-8-14(20(11-13)23-2)21-12-16-18(25-21)9-10-19-22(16)15-5-3-4-6-17(15)24-19/h3-12H,1-2H3. The zero-order chi connectivity index (χ0) is 17.0. The van der Waals surface area contributed by atoms with Gasteiger partial charge in [-0.2, -0.15) is 0 Å². The zero-order valence-corrected chi connectivity index (χ0v) is 14.0. The van der Waals surface area contributed by atoms with Gasteiger partial charge < -0.3 is 13.6 Å². The van der Waals surface area contributed by atoms with Crippen LogP contribution in [0.4, 0.5) is 0 Å². The van der Waals surface area contributed by atoms with Crippen LogP contribution in [0.15, 0.2) is 69.5 Å². The second-order valence-electron chi connectivity index (χ2n) is 6.26. The molecule has 2 aromatic heterocycles. The molecule has 0 fully saturated rings. The van der Waals surface area contributed by atoms with Crippen LogP contribution in [0.3, 0.4) is 0 Å². The van der Waals surface area contributed by atoms with E-state index in [9.17, 15) is 0 Å². The average Bonchev–Trinajstić information content (AvgIpc) is 3.22. The first-order valence-corrected chi connectivity index (χ1v) is 8.23. The highest BCUT2D eigenvalue weighted by molar-refractivity contribution is 6.18. The quantitative estimate of drug-likeness (QED) is 0.380. The number of hydrogen-bond donors (Lipinski definition) is 0. The maximum absolute atomic E-state index is 6.14. The van der Waals surface area contributed by atoms with Crippen molar-refractivity contribution in [2.75, 3.05) is 7.11 Å². The predicted molar refractivity (Wildman–Crippen MR) is 100 cm³/mol. The van der Waals surface area contributed by atoms with Crippen LogP contribution in [0.1, 0.15) is 5.56 Å². The SMILES string of the molecule is COc1cc(C)ccc1-c1cc2c(ccc3oc4ccccc4c32)o1. The Morgan fingerprint density at radius 1 is 0.760 bits per heavy atom. The summed E-state index contributed by atoms with van der Waals surface area (Å²) in [6.07, 6.45) is 0. The Balaban J connectivity index is 1.84. The van der Waals surface area contributed by atoms with Crippen molar-refractivity contribution in [3.8, 4) is 17.1 Å². The number of rotatable bonds is 2. The minimum Gasteiger partial charge on any atom is -0.496 e. The highest BCUT2D eigenvalue weighted by atomic mass is 16.5. The van der Waals surface area contributed by atoms with Crippen LogP contribution < -0.4 is 4.74 Å². The number of para-hydroxylation sites is 1. The first-order valence-electron chi connectivity index (χ1n) is 8.23. The molecular formula is C22H16O3. The molecule has 0 saturated carbocycles. The van der Waals surface area contributed by atoms with E-state index in [0.717, 1.165) is 55.5 Å². The van der Waals surface area contributed by atoms with Crippen LogP contribution in [-0.2, 0) is 0 Å². The lowest BCUT2D eigenvalue weighted by Crippen LogP contribution is -1.87.